The van der Waals surface area contributed by atoms with Gasteiger partial charge in [-0.1, -0.05) is 55.0 Å². The summed E-state index contributed by atoms with van der Waals surface area (Å²) < 4.78 is 5.60. The summed E-state index contributed by atoms with van der Waals surface area (Å²) in [6.07, 6.45) is 2.37. The summed E-state index contributed by atoms with van der Waals surface area (Å²) in [6.45, 7) is 6.25. The molecular weight excluding hydrogens is 390 g/mol. The molecule has 5 heteroatoms. The molecule has 1 amide bonds. The minimum Gasteiger partial charge on any atom is -0.507 e. The maximum atomic E-state index is 13.1. The number of furan rings is 1. The molecule has 1 fully saturated rings. The summed E-state index contributed by atoms with van der Waals surface area (Å²) in [6, 6.07) is 16.0. The van der Waals surface area contributed by atoms with E-state index in [9.17, 15) is 14.7 Å². The summed E-state index contributed by atoms with van der Waals surface area (Å²) in [4.78, 5) is 27.6. The number of nitrogens with zero attached hydrogens (tertiary/aromatic N) is 1. The molecule has 158 valence electrons. The van der Waals surface area contributed by atoms with Gasteiger partial charge in [0.1, 0.15) is 17.6 Å². The van der Waals surface area contributed by atoms with Crippen molar-refractivity contribution >= 4 is 17.4 Å². The molecule has 2 aromatic carbocycles. The van der Waals surface area contributed by atoms with Crippen LogP contribution in [0.15, 0.2) is 70.9 Å². The van der Waals surface area contributed by atoms with Crippen molar-refractivity contribution in [2.45, 2.75) is 39.8 Å². The summed E-state index contributed by atoms with van der Waals surface area (Å²) in [5, 5.41) is 11.1. The van der Waals surface area contributed by atoms with Crippen molar-refractivity contribution in [2.75, 3.05) is 0 Å². The van der Waals surface area contributed by atoms with E-state index in [1.54, 1.807) is 24.3 Å². The minimum atomic E-state index is -0.791. The van der Waals surface area contributed by atoms with Crippen LogP contribution in [0.25, 0.3) is 5.76 Å². The van der Waals surface area contributed by atoms with Crippen molar-refractivity contribution < 1.29 is 19.1 Å². The number of carbonyl (C=O) groups is 2. The summed E-state index contributed by atoms with van der Waals surface area (Å²) in [7, 11) is 0. The summed E-state index contributed by atoms with van der Waals surface area (Å²) in [5.74, 6) is -1.10. The highest BCUT2D eigenvalue weighted by Crippen LogP contribution is 2.40. The normalized spacial score (nSPS) is 18.0. The van der Waals surface area contributed by atoms with Crippen molar-refractivity contribution in [3.8, 4) is 0 Å². The van der Waals surface area contributed by atoms with E-state index in [2.05, 4.69) is 0 Å². The van der Waals surface area contributed by atoms with Crippen LogP contribution < -0.4 is 0 Å². The number of hydrogen-bond donors (Lipinski definition) is 1. The summed E-state index contributed by atoms with van der Waals surface area (Å²) >= 11 is 0. The first-order valence-electron chi connectivity index (χ1n) is 10.4. The second-order valence-electron chi connectivity index (χ2n) is 7.92. The van der Waals surface area contributed by atoms with Gasteiger partial charge in [0.2, 0.25) is 0 Å². The quantitative estimate of drug-likeness (QED) is 0.358. The van der Waals surface area contributed by atoms with Gasteiger partial charge in [-0.15, -0.1) is 0 Å². The third-order valence-corrected chi connectivity index (χ3v) is 5.83. The van der Waals surface area contributed by atoms with Gasteiger partial charge in [-0.25, -0.2) is 0 Å². The average Bonchev–Trinajstić information content (AvgIpc) is 3.38. The van der Waals surface area contributed by atoms with Crippen LogP contribution in [0.5, 0.6) is 0 Å². The van der Waals surface area contributed by atoms with Gasteiger partial charge >= 0.3 is 0 Å². The molecule has 1 saturated heterocycles. The van der Waals surface area contributed by atoms with Crippen LogP contribution in [0.3, 0.4) is 0 Å². The Morgan fingerprint density at radius 3 is 2.45 bits per heavy atom. The molecule has 3 aromatic rings. The molecular formula is C26H25NO4. The number of aryl methyl sites for hydroxylation is 3. The van der Waals surface area contributed by atoms with Crippen LogP contribution in [0, 0.1) is 13.8 Å². The van der Waals surface area contributed by atoms with Crippen molar-refractivity contribution in [1.29, 1.82) is 0 Å². The maximum absolute atomic E-state index is 13.1. The van der Waals surface area contributed by atoms with Gasteiger partial charge in [0.05, 0.1) is 11.8 Å². The predicted molar refractivity (Wildman–Crippen MR) is 118 cm³/mol. The maximum Gasteiger partial charge on any atom is 0.296 e. The lowest BCUT2D eigenvalue weighted by atomic mass is 9.98. The van der Waals surface area contributed by atoms with E-state index in [0.29, 0.717) is 11.3 Å². The van der Waals surface area contributed by atoms with Crippen molar-refractivity contribution in [1.82, 2.24) is 4.90 Å². The number of benzene rings is 2. The first-order valence-corrected chi connectivity index (χ1v) is 10.4. The van der Waals surface area contributed by atoms with E-state index in [1.165, 1.54) is 11.2 Å². The molecule has 1 N–H and O–H groups in total. The highest BCUT2D eigenvalue weighted by Gasteiger charge is 2.47. The standard InChI is InChI=1S/C26H25NO4/c1-4-18-9-11-19(12-10-18)24(28)22-23(21-6-5-13-31-21)27(26(30)25(22)29)15-20-14-16(2)7-8-17(20)3/h5-14,23,28H,4,15H2,1-3H3/b24-22-. The Morgan fingerprint density at radius 1 is 1.06 bits per heavy atom. The van der Waals surface area contributed by atoms with Gasteiger partial charge in [0.25, 0.3) is 11.7 Å². The molecule has 1 aromatic heterocycles. The Morgan fingerprint density at radius 2 is 1.81 bits per heavy atom. The zero-order chi connectivity index (χ0) is 22.1. The number of amides is 1. The monoisotopic (exact) mass is 415 g/mol. The van der Waals surface area contributed by atoms with Gasteiger partial charge in [-0.2, -0.15) is 0 Å². The number of ketones is 1. The fourth-order valence-electron chi connectivity index (χ4n) is 3.99. The number of aliphatic hydroxyl groups is 1. The fourth-order valence-corrected chi connectivity index (χ4v) is 3.99. The number of Topliss-reactive ketones (excluding diaryl/α,β-unsaturated/α-hetero) is 1. The summed E-state index contributed by atoms with van der Waals surface area (Å²) in [5.41, 5.74) is 4.72. The average molecular weight is 415 g/mol. The van der Waals surface area contributed by atoms with E-state index in [1.807, 2.05) is 51.1 Å². The minimum absolute atomic E-state index is 0.0505. The van der Waals surface area contributed by atoms with Gasteiger partial charge in [-0.3, -0.25) is 9.59 Å². The van der Waals surface area contributed by atoms with Crippen molar-refractivity contribution in [3.05, 3.63) is 100 Å². The SMILES string of the molecule is CCc1ccc(/C(O)=C2/C(=O)C(=O)N(Cc3cc(C)ccc3C)C2c2ccco2)cc1. The Balaban J connectivity index is 1.82. The van der Waals surface area contributed by atoms with Crippen LogP contribution in [0.4, 0.5) is 0 Å². The Labute approximate surface area is 181 Å². The molecule has 0 bridgehead atoms. The van der Waals surface area contributed by atoms with E-state index in [4.69, 9.17) is 4.42 Å². The zero-order valence-corrected chi connectivity index (χ0v) is 17.9. The van der Waals surface area contributed by atoms with Crippen molar-refractivity contribution in [2.24, 2.45) is 0 Å². The number of rotatable bonds is 5. The molecule has 1 aliphatic rings. The number of carbonyl (C=O) groups excluding carboxylic acids is 2. The molecule has 2 heterocycles. The topological polar surface area (TPSA) is 70.8 Å². The van der Waals surface area contributed by atoms with Gasteiger partial charge in [0.15, 0.2) is 0 Å². The number of aliphatic hydroxyl groups excluding tert-OH is 1. The predicted octanol–water partition coefficient (Wildman–Crippen LogP) is 5.08. The molecule has 5 nitrogen and oxygen atoms in total. The van der Waals surface area contributed by atoms with Crippen LogP contribution in [0.2, 0.25) is 0 Å². The lowest BCUT2D eigenvalue weighted by molar-refractivity contribution is -0.140. The largest absolute Gasteiger partial charge is 0.507 e. The smallest absolute Gasteiger partial charge is 0.296 e. The molecule has 1 aliphatic heterocycles. The van der Waals surface area contributed by atoms with E-state index in [-0.39, 0.29) is 17.9 Å². The highest BCUT2D eigenvalue weighted by molar-refractivity contribution is 6.46. The third kappa shape index (κ3) is 3.79. The molecule has 1 unspecified atom stereocenters. The van der Waals surface area contributed by atoms with Gasteiger partial charge in [-0.05, 0) is 49.1 Å². The molecule has 0 aliphatic carbocycles. The second kappa shape index (κ2) is 8.26. The highest BCUT2D eigenvalue weighted by atomic mass is 16.3. The zero-order valence-electron chi connectivity index (χ0n) is 17.9. The molecule has 4 rings (SSSR count). The van der Waals surface area contributed by atoms with Gasteiger partial charge in [0, 0.05) is 12.1 Å². The van der Waals surface area contributed by atoms with E-state index < -0.39 is 17.7 Å². The lowest BCUT2D eigenvalue weighted by Gasteiger charge is -2.24. The first kappa shape index (κ1) is 20.7. The van der Waals surface area contributed by atoms with Gasteiger partial charge < -0.3 is 14.4 Å². The Hall–Kier alpha value is -3.60. The lowest BCUT2D eigenvalue weighted by Crippen LogP contribution is -2.29. The van der Waals surface area contributed by atoms with Crippen LogP contribution >= 0.6 is 0 Å². The van der Waals surface area contributed by atoms with E-state index in [0.717, 1.165) is 28.7 Å². The Kier molecular flexibility index (Phi) is 5.51. The Bertz CT molecular complexity index is 1160. The van der Waals surface area contributed by atoms with Crippen LogP contribution in [-0.4, -0.2) is 21.7 Å². The molecule has 31 heavy (non-hydrogen) atoms. The van der Waals surface area contributed by atoms with Crippen molar-refractivity contribution in [3.63, 3.8) is 0 Å². The third-order valence-electron chi connectivity index (χ3n) is 5.83. The fraction of sp³-hybridized carbons (Fsp3) is 0.231. The molecule has 0 saturated carbocycles. The molecule has 0 radical (unpaired) electrons. The van der Waals surface area contributed by atoms with E-state index >= 15 is 0 Å². The second-order valence-corrected chi connectivity index (χ2v) is 7.92. The number of likely N-dealkylation sites (tertiary alicyclic amines) is 1. The molecule has 0 spiro atoms. The van der Waals surface area contributed by atoms with Crippen LogP contribution in [0.1, 0.15) is 46.5 Å². The number of hydrogen-bond acceptors (Lipinski definition) is 4. The van der Waals surface area contributed by atoms with Crippen LogP contribution in [-0.2, 0) is 22.6 Å². The first-order chi connectivity index (χ1) is 14.9. The molecule has 1 atom stereocenters.